The average molecular weight is 374 g/mol. The number of nitrogens with one attached hydrogen (secondary N) is 2. The number of hydrogen-bond acceptors (Lipinski definition) is 4. The fourth-order valence-electron chi connectivity index (χ4n) is 3.00. The predicted molar refractivity (Wildman–Crippen MR) is 106 cm³/mol. The van der Waals surface area contributed by atoms with Gasteiger partial charge in [0.2, 0.25) is 6.10 Å². The summed E-state index contributed by atoms with van der Waals surface area (Å²) in [7, 11) is 1.55. The fourth-order valence-corrected chi connectivity index (χ4v) is 3.00. The van der Waals surface area contributed by atoms with Crippen LogP contribution in [0.15, 0.2) is 72.8 Å². The number of carbonyl (C=O) groups is 2. The number of carbonyl (C=O) groups excluding carboxylic acids is 2. The highest BCUT2D eigenvalue weighted by molar-refractivity contribution is 6.05. The first kappa shape index (κ1) is 17.6. The summed E-state index contributed by atoms with van der Waals surface area (Å²) in [4.78, 5) is 24.9. The second-order valence-electron chi connectivity index (χ2n) is 6.29. The summed E-state index contributed by atoms with van der Waals surface area (Å²) in [6.07, 6.45) is -0.703. The minimum atomic E-state index is -0.703. The highest BCUT2D eigenvalue weighted by Gasteiger charge is 2.29. The van der Waals surface area contributed by atoms with Crippen LogP contribution in [0, 0.1) is 0 Å². The van der Waals surface area contributed by atoms with Crippen LogP contribution in [-0.2, 0) is 4.79 Å². The van der Waals surface area contributed by atoms with Gasteiger partial charge < -0.3 is 20.1 Å². The van der Waals surface area contributed by atoms with Gasteiger partial charge in [0.25, 0.3) is 11.8 Å². The van der Waals surface area contributed by atoms with Gasteiger partial charge in [-0.2, -0.15) is 0 Å². The third kappa shape index (κ3) is 3.53. The molecule has 3 aromatic carbocycles. The number of rotatable bonds is 4. The topological polar surface area (TPSA) is 76.7 Å². The van der Waals surface area contributed by atoms with Crippen molar-refractivity contribution in [3.8, 4) is 11.5 Å². The van der Waals surface area contributed by atoms with Crippen molar-refractivity contribution in [3.05, 3.63) is 83.9 Å². The Labute approximate surface area is 162 Å². The van der Waals surface area contributed by atoms with Crippen LogP contribution in [0.3, 0.4) is 0 Å². The summed E-state index contributed by atoms with van der Waals surface area (Å²) < 4.78 is 11.0. The molecule has 6 heteroatoms. The quantitative estimate of drug-likeness (QED) is 0.723. The zero-order chi connectivity index (χ0) is 19.5. The Bertz CT molecular complexity index is 1030. The lowest BCUT2D eigenvalue weighted by atomic mass is 10.1. The molecule has 3 aromatic rings. The standard InChI is InChI=1S/C22H18N2O4/c1-27-17-9-5-8-15(12-17)21(25)23-16-10-11-19-18(13-16)24-22(26)20(28-19)14-6-3-2-4-7-14/h2-13,20H,1H3,(H,23,25)(H,24,26). The highest BCUT2D eigenvalue weighted by atomic mass is 16.5. The molecule has 4 rings (SSSR count). The molecule has 0 spiro atoms. The molecule has 6 nitrogen and oxygen atoms in total. The maximum atomic E-state index is 12.5. The first-order valence-corrected chi connectivity index (χ1v) is 8.76. The Morgan fingerprint density at radius 1 is 1.04 bits per heavy atom. The van der Waals surface area contributed by atoms with Gasteiger partial charge in [-0.25, -0.2) is 0 Å². The molecule has 0 fully saturated rings. The molecule has 0 aliphatic carbocycles. The Kier molecular flexibility index (Phi) is 4.68. The van der Waals surface area contributed by atoms with Crippen molar-refractivity contribution in [3.63, 3.8) is 0 Å². The molecular weight excluding hydrogens is 356 g/mol. The molecular formula is C22H18N2O4. The molecule has 0 aromatic heterocycles. The Morgan fingerprint density at radius 3 is 2.64 bits per heavy atom. The molecule has 1 atom stereocenters. The maximum Gasteiger partial charge on any atom is 0.270 e. The van der Waals surface area contributed by atoms with Crippen molar-refractivity contribution in [1.29, 1.82) is 0 Å². The van der Waals surface area contributed by atoms with Gasteiger partial charge in [0.05, 0.1) is 12.8 Å². The Morgan fingerprint density at radius 2 is 1.86 bits per heavy atom. The monoisotopic (exact) mass is 374 g/mol. The van der Waals surface area contributed by atoms with E-state index in [1.165, 1.54) is 0 Å². The lowest BCUT2D eigenvalue weighted by Crippen LogP contribution is -2.30. The van der Waals surface area contributed by atoms with Crippen molar-refractivity contribution >= 4 is 23.2 Å². The van der Waals surface area contributed by atoms with E-state index in [2.05, 4.69) is 10.6 Å². The van der Waals surface area contributed by atoms with Crippen LogP contribution < -0.4 is 20.1 Å². The van der Waals surface area contributed by atoms with E-state index < -0.39 is 6.10 Å². The van der Waals surface area contributed by atoms with Gasteiger partial charge in [-0.15, -0.1) is 0 Å². The molecule has 0 bridgehead atoms. The van der Waals surface area contributed by atoms with Crippen LogP contribution in [-0.4, -0.2) is 18.9 Å². The molecule has 2 N–H and O–H groups in total. The Hall–Kier alpha value is -3.80. The zero-order valence-electron chi connectivity index (χ0n) is 15.1. The highest BCUT2D eigenvalue weighted by Crippen LogP contribution is 2.36. The van der Waals surface area contributed by atoms with Crippen molar-refractivity contribution in [2.24, 2.45) is 0 Å². The maximum absolute atomic E-state index is 12.5. The van der Waals surface area contributed by atoms with Crippen molar-refractivity contribution in [1.82, 2.24) is 0 Å². The Balaban J connectivity index is 1.53. The first-order valence-electron chi connectivity index (χ1n) is 8.76. The van der Waals surface area contributed by atoms with E-state index in [1.807, 2.05) is 30.3 Å². The first-order chi connectivity index (χ1) is 13.6. The van der Waals surface area contributed by atoms with Crippen LogP contribution in [0.25, 0.3) is 0 Å². The van der Waals surface area contributed by atoms with E-state index in [1.54, 1.807) is 49.6 Å². The molecule has 140 valence electrons. The van der Waals surface area contributed by atoms with E-state index in [9.17, 15) is 9.59 Å². The van der Waals surface area contributed by atoms with E-state index in [0.717, 1.165) is 5.56 Å². The van der Waals surface area contributed by atoms with Gasteiger partial charge in [-0.1, -0.05) is 36.4 Å². The summed E-state index contributed by atoms with van der Waals surface area (Å²) in [6.45, 7) is 0. The van der Waals surface area contributed by atoms with Crippen LogP contribution in [0.1, 0.15) is 22.0 Å². The summed E-state index contributed by atoms with van der Waals surface area (Å²) in [5.74, 6) is 0.623. The molecule has 1 unspecified atom stereocenters. The molecule has 1 aliphatic heterocycles. The van der Waals surface area contributed by atoms with E-state index in [0.29, 0.717) is 28.4 Å². The van der Waals surface area contributed by atoms with E-state index >= 15 is 0 Å². The van der Waals surface area contributed by atoms with Crippen LogP contribution in [0.2, 0.25) is 0 Å². The van der Waals surface area contributed by atoms with E-state index in [4.69, 9.17) is 9.47 Å². The van der Waals surface area contributed by atoms with Gasteiger partial charge in [-0.05, 0) is 36.4 Å². The van der Waals surface area contributed by atoms with Gasteiger partial charge in [-0.3, -0.25) is 9.59 Å². The average Bonchev–Trinajstić information content (AvgIpc) is 2.74. The predicted octanol–water partition coefficient (Wildman–Crippen LogP) is 4.02. The number of ether oxygens (including phenoxy) is 2. The zero-order valence-corrected chi connectivity index (χ0v) is 15.1. The van der Waals surface area contributed by atoms with Gasteiger partial charge in [0.1, 0.15) is 11.5 Å². The molecule has 28 heavy (non-hydrogen) atoms. The van der Waals surface area contributed by atoms with Crippen LogP contribution in [0.4, 0.5) is 11.4 Å². The summed E-state index contributed by atoms with van der Waals surface area (Å²) in [5.41, 5.74) is 2.32. The number of fused-ring (bicyclic) bond motifs is 1. The summed E-state index contributed by atoms with van der Waals surface area (Å²) >= 11 is 0. The lowest BCUT2D eigenvalue weighted by molar-refractivity contribution is -0.123. The van der Waals surface area contributed by atoms with Gasteiger partial charge >= 0.3 is 0 Å². The normalized spacial score (nSPS) is 15.0. The van der Waals surface area contributed by atoms with Crippen molar-refractivity contribution in [2.45, 2.75) is 6.10 Å². The fraction of sp³-hybridized carbons (Fsp3) is 0.0909. The second kappa shape index (κ2) is 7.44. The number of methoxy groups -OCH3 is 1. The largest absolute Gasteiger partial charge is 0.497 e. The summed E-state index contributed by atoms with van der Waals surface area (Å²) in [5, 5.41) is 5.66. The molecule has 0 saturated heterocycles. The second-order valence-corrected chi connectivity index (χ2v) is 6.29. The lowest BCUT2D eigenvalue weighted by Gasteiger charge is -2.26. The smallest absolute Gasteiger partial charge is 0.270 e. The molecule has 0 radical (unpaired) electrons. The number of hydrogen-bond donors (Lipinski definition) is 2. The number of benzene rings is 3. The number of anilines is 2. The third-order valence-corrected chi connectivity index (χ3v) is 4.41. The van der Waals surface area contributed by atoms with Crippen molar-refractivity contribution < 1.29 is 19.1 Å². The van der Waals surface area contributed by atoms with Crippen LogP contribution >= 0.6 is 0 Å². The van der Waals surface area contributed by atoms with Gasteiger partial charge in [0, 0.05) is 16.8 Å². The molecule has 1 heterocycles. The molecule has 1 aliphatic rings. The SMILES string of the molecule is COc1cccc(C(=O)Nc2ccc3c(c2)NC(=O)C(c2ccccc2)O3)c1. The summed E-state index contributed by atoms with van der Waals surface area (Å²) in [6, 6.07) is 21.3. The van der Waals surface area contributed by atoms with Gasteiger partial charge in [0.15, 0.2) is 0 Å². The molecule has 0 saturated carbocycles. The van der Waals surface area contributed by atoms with Crippen molar-refractivity contribution in [2.75, 3.05) is 17.7 Å². The minimum Gasteiger partial charge on any atom is -0.497 e. The minimum absolute atomic E-state index is 0.255. The molecule has 2 amide bonds. The van der Waals surface area contributed by atoms with Crippen LogP contribution in [0.5, 0.6) is 11.5 Å². The number of amides is 2. The van der Waals surface area contributed by atoms with E-state index in [-0.39, 0.29) is 11.8 Å². The third-order valence-electron chi connectivity index (χ3n) is 4.41.